The molecule has 0 atom stereocenters. The van der Waals surface area contributed by atoms with Gasteiger partial charge < -0.3 is 26.8 Å². The number of likely N-dealkylation sites (N-methyl/N-ethyl adjacent to an activating group) is 1. The first kappa shape index (κ1) is 23.8. The zero-order chi connectivity index (χ0) is 23.3. The molecule has 0 radical (unpaired) electrons. The van der Waals surface area contributed by atoms with Crippen molar-refractivity contribution in [2.75, 3.05) is 25.5 Å². The molecular formula is C23H28FN5O2S. The van der Waals surface area contributed by atoms with Crippen LogP contribution in [0.2, 0.25) is 0 Å². The van der Waals surface area contributed by atoms with Crippen LogP contribution >= 0.6 is 11.3 Å². The van der Waals surface area contributed by atoms with Gasteiger partial charge in [-0.2, -0.15) is 0 Å². The molecule has 0 saturated heterocycles. The molecule has 2 heterocycles. The maximum Gasteiger partial charge on any atom is 0.251 e. The molecule has 0 aliphatic rings. The molecule has 1 amide bonds. The summed E-state index contributed by atoms with van der Waals surface area (Å²) in [4.78, 5) is 17.1. The number of hydrogen-bond acceptors (Lipinski definition) is 7. The molecule has 7 nitrogen and oxygen atoms in total. The van der Waals surface area contributed by atoms with Crippen LogP contribution < -0.4 is 21.7 Å². The predicted octanol–water partition coefficient (Wildman–Crippen LogP) is 3.33. The summed E-state index contributed by atoms with van der Waals surface area (Å²) in [7, 11) is 1.89. The van der Waals surface area contributed by atoms with Crippen molar-refractivity contribution in [3.05, 3.63) is 65.1 Å². The van der Waals surface area contributed by atoms with E-state index in [9.17, 15) is 14.3 Å². The Bertz CT molecular complexity index is 1090. The highest BCUT2D eigenvalue weighted by molar-refractivity contribution is 7.19. The number of primary amides is 1. The van der Waals surface area contributed by atoms with Crippen molar-refractivity contribution in [2.45, 2.75) is 26.0 Å². The normalized spacial score (nSPS) is 11.5. The van der Waals surface area contributed by atoms with E-state index in [1.54, 1.807) is 38.1 Å². The molecule has 3 aromatic rings. The van der Waals surface area contributed by atoms with Gasteiger partial charge >= 0.3 is 0 Å². The van der Waals surface area contributed by atoms with E-state index in [0.717, 1.165) is 18.8 Å². The van der Waals surface area contributed by atoms with Gasteiger partial charge in [0.1, 0.15) is 16.6 Å². The predicted molar refractivity (Wildman–Crippen MR) is 127 cm³/mol. The smallest absolute Gasteiger partial charge is 0.251 e. The van der Waals surface area contributed by atoms with Gasteiger partial charge in [-0.15, -0.1) is 11.3 Å². The van der Waals surface area contributed by atoms with Crippen molar-refractivity contribution in [3.8, 4) is 10.4 Å². The second kappa shape index (κ2) is 10.2. The number of carbonyl (C=O) groups excluding carboxylic acids is 1. The Balaban J connectivity index is 1.86. The number of halogens is 1. The minimum Gasteiger partial charge on any atom is -0.386 e. The van der Waals surface area contributed by atoms with Crippen LogP contribution in [0.4, 0.5) is 15.2 Å². The first-order chi connectivity index (χ1) is 15.2. The molecule has 0 saturated carbocycles. The highest BCUT2D eigenvalue weighted by atomic mass is 32.1. The van der Waals surface area contributed by atoms with Crippen LogP contribution in [-0.4, -0.2) is 36.1 Å². The molecule has 3 rings (SSSR count). The lowest BCUT2D eigenvalue weighted by Crippen LogP contribution is -2.24. The second-order valence-electron chi connectivity index (χ2n) is 7.89. The molecule has 0 aliphatic heterocycles. The first-order valence-electron chi connectivity index (χ1n) is 10.2. The van der Waals surface area contributed by atoms with Crippen LogP contribution in [0.15, 0.2) is 42.5 Å². The van der Waals surface area contributed by atoms with E-state index in [0.29, 0.717) is 33.4 Å². The SMILES string of the molecule is CNCCNCc1cccc(Nc2sc(-c3ccc(C(C)(C)O)cc3F)cc2C(N)=O)n1. The lowest BCUT2D eigenvalue weighted by Gasteiger charge is -2.18. The fourth-order valence-corrected chi connectivity index (χ4v) is 4.19. The van der Waals surface area contributed by atoms with E-state index in [-0.39, 0.29) is 5.56 Å². The maximum atomic E-state index is 14.8. The van der Waals surface area contributed by atoms with Gasteiger partial charge in [-0.05, 0) is 50.7 Å². The lowest BCUT2D eigenvalue weighted by atomic mass is 9.96. The molecule has 0 spiro atoms. The number of aliphatic hydroxyl groups is 1. The quantitative estimate of drug-likeness (QED) is 0.299. The molecule has 0 aliphatic carbocycles. The zero-order valence-electron chi connectivity index (χ0n) is 18.3. The number of carbonyl (C=O) groups is 1. The largest absolute Gasteiger partial charge is 0.386 e. The summed E-state index contributed by atoms with van der Waals surface area (Å²) < 4.78 is 14.8. The number of anilines is 2. The number of nitrogens with two attached hydrogens (primary N) is 1. The number of amides is 1. The molecular weight excluding hydrogens is 429 g/mol. The van der Waals surface area contributed by atoms with Gasteiger partial charge in [0.15, 0.2) is 0 Å². The van der Waals surface area contributed by atoms with Crippen LogP contribution in [-0.2, 0) is 12.1 Å². The van der Waals surface area contributed by atoms with E-state index in [2.05, 4.69) is 20.9 Å². The molecule has 1 aromatic carbocycles. The van der Waals surface area contributed by atoms with Crippen molar-refractivity contribution in [1.82, 2.24) is 15.6 Å². The summed E-state index contributed by atoms with van der Waals surface area (Å²) in [6.45, 7) is 5.46. The Hall–Kier alpha value is -2.85. The molecule has 2 aromatic heterocycles. The van der Waals surface area contributed by atoms with Gasteiger partial charge in [-0.3, -0.25) is 4.79 Å². The first-order valence-corrected chi connectivity index (χ1v) is 11.1. The summed E-state index contributed by atoms with van der Waals surface area (Å²) >= 11 is 1.22. The number of nitrogens with zero attached hydrogens (tertiary/aromatic N) is 1. The van der Waals surface area contributed by atoms with Crippen LogP contribution in [0.25, 0.3) is 10.4 Å². The molecule has 0 unspecified atom stereocenters. The number of benzene rings is 1. The highest BCUT2D eigenvalue weighted by Crippen LogP contribution is 2.38. The molecule has 6 N–H and O–H groups in total. The number of aromatic nitrogens is 1. The van der Waals surface area contributed by atoms with E-state index in [4.69, 9.17) is 5.73 Å². The van der Waals surface area contributed by atoms with Gasteiger partial charge in [-0.1, -0.05) is 18.2 Å². The summed E-state index contributed by atoms with van der Waals surface area (Å²) in [5.41, 5.74) is 6.31. The number of rotatable bonds is 10. The second-order valence-corrected chi connectivity index (χ2v) is 8.94. The average molecular weight is 458 g/mol. The van der Waals surface area contributed by atoms with Crippen molar-refractivity contribution in [1.29, 1.82) is 0 Å². The third kappa shape index (κ3) is 5.89. The van der Waals surface area contributed by atoms with Gasteiger partial charge in [0.25, 0.3) is 5.91 Å². The Morgan fingerprint density at radius 2 is 2.00 bits per heavy atom. The van der Waals surface area contributed by atoms with Crippen LogP contribution in [0.5, 0.6) is 0 Å². The Kier molecular flexibility index (Phi) is 7.57. The minimum absolute atomic E-state index is 0.260. The Labute approximate surface area is 190 Å². The topological polar surface area (TPSA) is 112 Å². The summed E-state index contributed by atoms with van der Waals surface area (Å²) in [5, 5.41) is 20.1. The number of nitrogens with one attached hydrogen (secondary N) is 3. The Morgan fingerprint density at radius 3 is 2.66 bits per heavy atom. The molecule has 0 bridgehead atoms. The van der Waals surface area contributed by atoms with E-state index < -0.39 is 17.3 Å². The summed E-state index contributed by atoms with van der Waals surface area (Å²) in [6.07, 6.45) is 0. The van der Waals surface area contributed by atoms with Crippen molar-refractivity contribution in [2.24, 2.45) is 5.73 Å². The Morgan fingerprint density at radius 1 is 1.22 bits per heavy atom. The minimum atomic E-state index is -1.15. The third-order valence-corrected chi connectivity index (χ3v) is 5.93. The van der Waals surface area contributed by atoms with Crippen LogP contribution in [0.1, 0.15) is 35.5 Å². The monoisotopic (exact) mass is 457 g/mol. The molecule has 9 heteroatoms. The fraction of sp³-hybridized carbons (Fsp3) is 0.304. The third-order valence-electron chi connectivity index (χ3n) is 4.84. The van der Waals surface area contributed by atoms with Crippen LogP contribution in [0, 0.1) is 5.82 Å². The summed E-state index contributed by atoms with van der Waals surface area (Å²) in [6, 6.07) is 11.7. The van der Waals surface area contributed by atoms with Gasteiger partial charge in [0, 0.05) is 30.1 Å². The highest BCUT2D eigenvalue weighted by Gasteiger charge is 2.21. The fourth-order valence-electron chi connectivity index (χ4n) is 3.09. The zero-order valence-corrected chi connectivity index (χ0v) is 19.1. The summed E-state index contributed by atoms with van der Waals surface area (Å²) in [5.74, 6) is -0.540. The molecule has 0 fully saturated rings. The van der Waals surface area contributed by atoms with Gasteiger partial charge in [0.2, 0.25) is 0 Å². The van der Waals surface area contributed by atoms with E-state index >= 15 is 0 Å². The maximum absolute atomic E-state index is 14.8. The standard InChI is InChI=1S/C23H28FN5O2S/c1-23(2,31)14-7-8-16(18(24)11-14)19-12-17(21(25)30)22(32-19)29-20-6-4-5-15(28-20)13-27-10-9-26-3/h4-8,11-12,26-27,31H,9-10,13H2,1-3H3,(H2,25,30)(H,28,29). The van der Waals surface area contributed by atoms with E-state index in [1.165, 1.54) is 17.4 Å². The van der Waals surface area contributed by atoms with Crippen LogP contribution in [0.3, 0.4) is 0 Å². The van der Waals surface area contributed by atoms with Crippen molar-refractivity contribution < 1.29 is 14.3 Å². The number of pyridine rings is 1. The number of hydrogen-bond donors (Lipinski definition) is 5. The van der Waals surface area contributed by atoms with Gasteiger partial charge in [-0.25, -0.2) is 9.37 Å². The van der Waals surface area contributed by atoms with E-state index in [1.807, 2.05) is 19.2 Å². The average Bonchev–Trinajstić information content (AvgIpc) is 3.14. The van der Waals surface area contributed by atoms with Crippen molar-refractivity contribution >= 4 is 28.1 Å². The molecule has 32 heavy (non-hydrogen) atoms. The lowest BCUT2D eigenvalue weighted by molar-refractivity contribution is 0.0782. The molecule has 170 valence electrons. The van der Waals surface area contributed by atoms with Gasteiger partial charge in [0.05, 0.1) is 16.9 Å². The van der Waals surface area contributed by atoms with Crippen molar-refractivity contribution in [3.63, 3.8) is 0 Å². The number of thiophene rings is 1.